The molecule has 4 heteroatoms. The zero-order valence-electron chi connectivity index (χ0n) is 12.0. The molecule has 1 aromatic rings. The molecule has 0 spiro atoms. The molecular weight excluding hydrogens is 242 g/mol. The van der Waals surface area contributed by atoms with Crippen molar-refractivity contribution in [1.82, 2.24) is 5.32 Å². The summed E-state index contributed by atoms with van der Waals surface area (Å²) in [7, 11) is 0. The van der Waals surface area contributed by atoms with Crippen LogP contribution in [-0.4, -0.2) is 22.9 Å². The molecular formula is C15H23NO3. The first kappa shape index (κ1) is 15.5. The summed E-state index contributed by atoms with van der Waals surface area (Å²) in [6, 6.07) is 9.31. The van der Waals surface area contributed by atoms with Crippen LogP contribution in [0.5, 0.6) is 0 Å². The maximum absolute atomic E-state index is 11.8. The molecule has 0 aromatic heterocycles. The van der Waals surface area contributed by atoms with Crippen LogP contribution >= 0.6 is 0 Å². The number of hydrogen-bond donors (Lipinski definition) is 2. The molecule has 0 aliphatic heterocycles. The molecule has 4 nitrogen and oxygen atoms in total. The van der Waals surface area contributed by atoms with Gasteiger partial charge in [-0.3, -0.25) is 0 Å². The lowest BCUT2D eigenvalue weighted by Crippen LogP contribution is -2.36. The van der Waals surface area contributed by atoms with Gasteiger partial charge in [0.1, 0.15) is 5.60 Å². The standard InChI is InChI=1S/C15H23NO3/c1-11(17)10-13(12-8-6-5-7-9-12)16-14(18)19-15(2,3)4/h5-9,11,13,17H,10H2,1-4H3,(H,16,18)/t11-,13-/m0/s1. The van der Waals surface area contributed by atoms with Gasteiger partial charge < -0.3 is 15.2 Å². The van der Waals surface area contributed by atoms with Crippen molar-refractivity contribution in [1.29, 1.82) is 0 Å². The van der Waals surface area contributed by atoms with E-state index < -0.39 is 17.8 Å². The van der Waals surface area contributed by atoms with Gasteiger partial charge in [-0.25, -0.2) is 4.79 Å². The molecule has 106 valence electrons. The number of aliphatic hydroxyl groups is 1. The Morgan fingerprint density at radius 1 is 1.32 bits per heavy atom. The van der Waals surface area contributed by atoms with Gasteiger partial charge in [0.2, 0.25) is 0 Å². The quantitative estimate of drug-likeness (QED) is 0.879. The summed E-state index contributed by atoms with van der Waals surface area (Å²) in [5.41, 5.74) is 0.421. The van der Waals surface area contributed by atoms with Gasteiger partial charge in [0, 0.05) is 0 Å². The summed E-state index contributed by atoms with van der Waals surface area (Å²) >= 11 is 0. The fourth-order valence-corrected chi connectivity index (χ4v) is 1.75. The summed E-state index contributed by atoms with van der Waals surface area (Å²) in [6.45, 7) is 7.16. The van der Waals surface area contributed by atoms with Crippen LogP contribution in [0.1, 0.15) is 45.7 Å². The zero-order valence-corrected chi connectivity index (χ0v) is 12.0. The molecule has 0 saturated heterocycles. The molecule has 0 bridgehead atoms. The Morgan fingerprint density at radius 2 is 1.89 bits per heavy atom. The number of nitrogens with one attached hydrogen (secondary N) is 1. The third-order valence-electron chi connectivity index (χ3n) is 2.47. The SMILES string of the molecule is C[C@H](O)C[C@H](NC(=O)OC(C)(C)C)c1ccccc1. The molecule has 0 fully saturated rings. The predicted molar refractivity (Wildman–Crippen MR) is 74.9 cm³/mol. The molecule has 2 atom stereocenters. The largest absolute Gasteiger partial charge is 0.444 e. The third-order valence-corrected chi connectivity index (χ3v) is 2.47. The van der Waals surface area contributed by atoms with Crippen molar-refractivity contribution in [3.63, 3.8) is 0 Å². The second-order valence-corrected chi connectivity index (χ2v) is 5.69. The van der Waals surface area contributed by atoms with Crippen LogP contribution in [0.25, 0.3) is 0 Å². The first-order valence-electron chi connectivity index (χ1n) is 6.50. The van der Waals surface area contributed by atoms with E-state index in [-0.39, 0.29) is 6.04 Å². The smallest absolute Gasteiger partial charge is 0.408 e. The van der Waals surface area contributed by atoms with Crippen LogP contribution in [0.2, 0.25) is 0 Å². The number of carbonyl (C=O) groups excluding carboxylic acids is 1. The third kappa shape index (κ3) is 6.25. The van der Waals surface area contributed by atoms with E-state index in [2.05, 4.69) is 5.32 Å². The number of ether oxygens (including phenoxy) is 1. The molecule has 1 amide bonds. The minimum atomic E-state index is -0.532. The number of hydrogen-bond acceptors (Lipinski definition) is 3. The van der Waals surface area contributed by atoms with Crippen molar-refractivity contribution in [3.05, 3.63) is 35.9 Å². The summed E-state index contributed by atoms with van der Waals surface area (Å²) in [4.78, 5) is 11.8. The van der Waals surface area contributed by atoms with E-state index in [0.717, 1.165) is 5.56 Å². The Kier molecular flexibility index (Phi) is 5.36. The average molecular weight is 265 g/mol. The number of carbonyl (C=O) groups is 1. The van der Waals surface area contributed by atoms with Crippen LogP contribution < -0.4 is 5.32 Å². The van der Waals surface area contributed by atoms with E-state index in [1.165, 1.54) is 0 Å². The van der Waals surface area contributed by atoms with E-state index in [1.807, 2.05) is 51.1 Å². The van der Waals surface area contributed by atoms with Gasteiger partial charge in [0.15, 0.2) is 0 Å². The topological polar surface area (TPSA) is 58.6 Å². The zero-order chi connectivity index (χ0) is 14.5. The second kappa shape index (κ2) is 6.57. The van der Waals surface area contributed by atoms with Gasteiger partial charge in [-0.15, -0.1) is 0 Å². The van der Waals surface area contributed by atoms with Gasteiger partial charge in [0.05, 0.1) is 12.1 Å². The minimum absolute atomic E-state index is 0.254. The van der Waals surface area contributed by atoms with Crippen LogP contribution in [0.3, 0.4) is 0 Å². The molecule has 0 saturated carbocycles. The van der Waals surface area contributed by atoms with E-state index in [0.29, 0.717) is 6.42 Å². The summed E-state index contributed by atoms with van der Waals surface area (Å²) in [6.07, 6.45) is -0.523. The van der Waals surface area contributed by atoms with E-state index in [1.54, 1.807) is 6.92 Å². The summed E-state index contributed by atoms with van der Waals surface area (Å²) in [5, 5.41) is 12.3. The maximum Gasteiger partial charge on any atom is 0.408 e. The number of aliphatic hydroxyl groups excluding tert-OH is 1. The minimum Gasteiger partial charge on any atom is -0.444 e. The highest BCUT2D eigenvalue weighted by atomic mass is 16.6. The number of alkyl carbamates (subject to hydrolysis) is 1. The highest BCUT2D eigenvalue weighted by molar-refractivity contribution is 5.68. The van der Waals surface area contributed by atoms with Gasteiger partial charge >= 0.3 is 6.09 Å². The van der Waals surface area contributed by atoms with E-state index >= 15 is 0 Å². The van der Waals surface area contributed by atoms with Crippen molar-refractivity contribution in [2.75, 3.05) is 0 Å². The monoisotopic (exact) mass is 265 g/mol. The molecule has 1 rings (SSSR count). The van der Waals surface area contributed by atoms with Crippen molar-refractivity contribution in [3.8, 4) is 0 Å². The van der Waals surface area contributed by atoms with Crippen molar-refractivity contribution in [2.24, 2.45) is 0 Å². The molecule has 0 aliphatic carbocycles. The first-order chi connectivity index (χ1) is 8.78. The molecule has 1 aromatic carbocycles. The lowest BCUT2D eigenvalue weighted by atomic mass is 10.0. The average Bonchev–Trinajstić information content (AvgIpc) is 2.26. The number of benzene rings is 1. The fraction of sp³-hybridized carbons (Fsp3) is 0.533. The Hall–Kier alpha value is -1.55. The van der Waals surface area contributed by atoms with Gasteiger partial charge in [-0.1, -0.05) is 30.3 Å². The van der Waals surface area contributed by atoms with Gasteiger partial charge in [-0.05, 0) is 39.7 Å². The van der Waals surface area contributed by atoms with Gasteiger partial charge in [-0.2, -0.15) is 0 Å². The highest BCUT2D eigenvalue weighted by Gasteiger charge is 2.21. The van der Waals surface area contributed by atoms with Crippen molar-refractivity contribution < 1.29 is 14.6 Å². The van der Waals surface area contributed by atoms with Crippen LogP contribution in [0.4, 0.5) is 4.79 Å². The van der Waals surface area contributed by atoms with Crippen LogP contribution in [-0.2, 0) is 4.74 Å². The molecule has 0 unspecified atom stereocenters. The summed E-state index contributed by atoms with van der Waals surface area (Å²) < 4.78 is 5.24. The lowest BCUT2D eigenvalue weighted by molar-refractivity contribution is 0.0486. The highest BCUT2D eigenvalue weighted by Crippen LogP contribution is 2.19. The van der Waals surface area contributed by atoms with Crippen molar-refractivity contribution in [2.45, 2.75) is 51.9 Å². The fourth-order valence-electron chi connectivity index (χ4n) is 1.75. The maximum atomic E-state index is 11.8. The number of amides is 1. The Morgan fingerprint density at radius 3 is 2.37 bits per heavy atom. The first-order valence-corrected chi connectivity index (χ1v) is 6.50. The summed E-state index contributed by atoms with van der Waals surface area (Å²) in [5.74, 6) is 0. The molecule has 0 aliphatic rings. The molecule has 19 heavy (non-hydrogen) atoms. The van der Waals surface area contributed by atoms with Crippen molar-refractivity contribution >= 4 is 6.09 Å². The lowest BCUT2D eigenvalue weighted by Gasteiger charge is -2.24. The Labute approximate surface area is 114 Å². The number of rotatable bonds is 4. The Balaban J connectivity index is 2.73. The normalized spacial score (nSPS) is 14.6. The molecule has 0 heterocycles. The van der Waals surface area contributed by atoms with Crippen LogP contribution in [0.15, 0.2) is 30.3 Å². The molecule has 2 N–H and O–H groups in total. The van der Waals surface area contributed by atoms with E-state index in [9.17, 15) is 9.90 Å². The molecule has 0 radical (unpaired) electrons. The second-order valence-electron chi connectivity index (χ2n) is 5.69. The van der Waals surface area contributed by atoms with Gasteiger partial charge in [0.25, 0.3) is 0 Å². The predicted octanol–water partition coefficient (Wildman–Crippen LogP) is 3.02. The Bertz CT molecular complexity index is 396. The van der Waals surface area contributed by atoms with Crippen LogP contribution in [0, 0.1) is 0 Å². The van der Waals surface area contributed by atoms with E-state index in [4.69, 9.17) is 4.74 Å².